The second-order valence-corrected chi connectivity index (χ2v) is 3.48. The van der Waals surface area contributed by atoms with Crippen molar-refractivity contribution in [3.05, 3.63) is 34.2 Å². The normalized spacial score (nSPS) is 10.2. The van der Waals surface area contributed by atoms with Crippen molar-refractivity contribution >= 4 is 26.8 Å². The van der Waals surface area contributed by atoms with Gasteiger partial charge in [-0.25, -0.2) is 4.39 Å². The van der Waals surface area contributed by atoms with Crippen LogP contribution in [0.15, 0.2) is 22.8 Å². The Hall–Kier alpha value is -1.34. The minimum atomic E-state index is -0.399. The number of hydrogen-bond donors (Lipinski definition) is 1. The van der Waals surface area contributed by atoms with E-state index in [1.54, 1.807) is 6.20 Å². The highest BCUT2D eigenvalue weighted by atomic mass is 79.9. The molecule has 0 saturated heterocycles. The summed E-state index contributed by atoms with van der Waals surface area (Å²) in [4.78, 5) is 2.90. The summed E-state index contributed by atoms with van der Waals surface area (Å²) >= 11 is 3.26. The lowest BCUT2D eigenvalue weighted by Gasteiger charge is -1.94. The maximum Gasteiger partial charge on any atom is 0.125 e. The van der Waals surface area contributed by atoms with Crippen LogP contribution >= 0.6 is 15.9 Å². The number of halogens is 2. The van der Waals surface area contributed by atoms with E-state index >= 15 is 0 Å². The molecule has 0 fully saturated rings. The predicted octanol–water partition coefficient (Wildman–Crippen LogP) is 2.94. The van der Waals surface area contributed by atoms with Crippen LogP contribution in [-0.4, -0.2) is 4.98 Å². The number of aromatic amines is 1. The van der Waals surface area contributed by atoms with E-state index in [2.05, 4.69) is 20.9 Å². The number of H-pyrrole nitrogens is 1. The van der Waals surface area contributed by atoms with Crippen molar-refractivity contribution in [2.75, 3.05) is 0 Å². The summed E-state index contributed by atoms with van der Waals surface area (Å²) in [6, 6.07) is 4.53. The molecule has 2 nitrogen and oxygen atoms in total. The molecule has 4 heteroatoms. The van der Waals surface area contributed by atoms with E-state index in [-0.39, 0.29) is 0 Å². The molecule has 0 radical (unpaired) electrons. The van der Waals surface area contributed by atoms with Gasteiger partial charge in [-0.1, -0.05) is 0 Å². The fourth-order valence-electron chi connectivity index (χ4n) is 1.25. The van der Waals surface area contributed by atoms with E-state index in [0.717, 1.165) is 4.47 Å². The first kappa shape index (κ1) is 8.27. The zero-order chi connectivity index (χ0) is 9.42. The topological polar surface area (TPSA) is 39.6 Å². The molecule has 0 saturated carbocycles. The molecule has 1 aromatic heterocycles. The largest absolute Gasteiger partial charge is 0.359 e. The van der Waals surface area contributed by atoms with Crippen molar-refractivity contribution < 1.29 is 4.39 Å². The molecule has 0 aliphatic carbocycles. The summed E-state index contributed by atoms with van der Waals surface area (Å²) in [5, 5.41) is 9.41. The summed E-state index contributed by atoms with van der Waals surface area (Å²) in [5.41, 5.74) is 0.983. The van der Waals surface area contributed by atoms with E-state index in [0.29, 0.717) is 16.5 Å². The standard InChI is InChI=1S/C9H4BrFN2/c10-8-4-13-9-5(3-12)1-6(11)2-7(8)9/h1-2,4,13H. The van der Waals surface area contributed by atoms with Gasteiger partial charge in [0.25, 0.3) is 0 Å². The molecular formula is C9H4BrFN2. The Morgan fingerprint density at radius 3 is 2.92 bits per heavy atom. The number of hydrogen-bond acceptors (Lipinski definition) is 1. The van der Waals surface area contributed by atoms with E-state index in [1.807, 2.05) is 6.07 Å². The number of aromatic nitrogens is 1. The Morgan fingerprint density at radius 2 is 2.23 bits per heavy atom. The number of rotatable bonds is 0. The Kier molecular flexibility index (Phi) is 1.82. The maximum atomic E-state index is 13.0. The van der Waals surface area contributed by atoms with Crippen molar-refractivity contribution in [3.63, 3.8) is 0 Å². The van der Waals surface area contributed by atoms with E-state index in [4.69, 9.17) is 5.26 Å². The molecule has 1 aromatic carbocycles. The average Bonchev–Trinajstić information content (AvgIpc) is 2.47. The zero-order valence-electron chi connectivity index (χ0n) is 6.44. The smallest absolute Gasteiger partial charge is 0.125 e. The summed E-state index contributed by atoms with van der Waals surface area (Å²) in [6.45, 7) is 0. The monoisotopic (exact) mass is 238 g/mol. The van der Waals surface area contributed by atoms with Gasteiger partial charge in [-0.15, -0.1) is 0 Å². The summed E-state index contributed by atoms with van der Waals surface area (Å²) in [5.74, 6) is -0.399. The second kappa shape index (κ2) is 2.86. The van der Waals surface area contributed by atoms with Crippen LogP contribution in [0.4, 0.5) is 4.39 Å². The molecule has 2 rings (SSSR count). The van der Waals surface area contributed by atoms with Crippen LogP contribution in [0.3, 0.4) is 0 Å². The molecule has 0 bridgehead atoms. The zero-order valence-corrected chi connectivity index (χ0v) is 8.02. The third kappa shape index (κ3) is 1.21. The molecule has 1 heterocycles. The van der Waals surface area contributed by atoms with Gasteiger partial charge in [0.1, 0.15) is 11.9 Å². The van der Waals surface area contributed by atoms with Gasteiger partial charge in [-0.2, -0.15) is 5.26 Å². The molecule has 0 unspecified atom stereocenters. The first-order valence-corrected chi connectivity index (χ1v) is 4.38. The Bertz CT molecular complexity index is 510. The van der Waals surface area contributed by atoms with Crippen molar-refractivity contribution in [1.82, 2.24) is 4.98 Å². The van der Waals surface area contributed by atoms with Crippen LogP contribution in [0.2, 0.25) is 0 Å². The highest BCUT2D eigenvalue weighted by Crippen LogP contribution is 2.26. The molecule has 13 heavy (non-hydrogen) atoms. The molecule has 0 aliphatic rings. The third-order valence-corrected chi connectivity index (χ3v) is 2.48. The first-order valence-electron chi connectivity index (χ1n) is 3.58. The van der Waals surface area contributed by atoms with Gasteiger partial charge >= 0.3 is 0 Å². The van der Waals surface area contributed by atoms with Gasteiger partial charge in [0.05, 0.1) is 11.1 Å². The lowest BCUT2D eigenvalue weighted by Crippen LogP contribution is -1.81. The summed E-state index contributed by atoms with van der Waals surface area (Å²) in [6.07, 6.45) is 1.69. The van der Waals surface area contributed by atoms with Gasteiger partial charge in [-0.3, -0.25) is 0 Å². The number of benzene rings is 1. The SMILES string of the molecule is N#Cc1cc(F)cc2c(Br)c[nH]c12. The highest BCUT2D eigenvalue weighted by molar-refractivity contribution is 9.10. The highest BCUT2D eigenvalue weighted by Gasteiger charge is 2.07. The van der Waals surface area contributed by atoms with Gasteiger partial charge in [0, 0.05) is 16.1 Å². The lowest BCUT2D eigenvalue weighted by atomic mass is 10.1. The number of nitriles is 1. The van der Waals surface area contributed by atoms with E-state index in [1.165, 1.54) is 12.1 Å². The Balaban J connectivity index is 2.94. The predicted molar refractivity (Wildman–Crippen MR) is 50.7 cm³/mol. The number of fused-ring (bicyclic) bond motifs is 1. The van der Waals surface area contributed by atoms with E-state index < -0.39 is 5.82 Å². The molecular weight excluding hydrogens is 235 g/mol. The summed E-state index contributed by atoms with van der Waals surface area (Å²) < 4.78 is 13.7. The molecule has 0 aliphatic heterocycles. The van der Waals surface area contributed by atoms with Crippen LogP contribution in [-0.2, 0) is 0 Å². The van der Waals surface area contributed by atoms with Crippen molar-refractivity contribution in [2.45, 2.75) is 0 Å². The van der Waals surface area contributed by atoms with Crippen LogP contribution in [0.25, 0.3) is 10.9 Å². The Morgan fingerprint density at radius 1 is 1.46 bits per heavy atom. The molecule has 1 N–H and O–H groups in total. The Labute approximate surface area is 82.1 Å². The first-order chi connectivity index (χ1) is 6.22. The van der Waals surface area contributed by atoms with Crippen molar-refractivity contribution in [3.8, 4) is 6.07 Å². The molecule has 64 valence electrons. The van der Waals surface area contributed by atoms with Crippen molar-refractivity contribution in [2.24, 2.45) is 0 Å². The average molecular weight is 239 g/mol. The fourth-order valence-corrected chi connectivity index (χ4v) is 1.68. The van der Waals surface area contributed by atoms with Crippen LogP contribution in [0.5, 0.6) is 0 Å². The lowest BCUT2D eigenvalue weighted by molar-refractivity contribution is 0.629. The third-order valence-electron chi connectivity index (χ3n) is 1.82. The van der Waals surface area contributed by atoms with Crippen LogP contribution < -0.4 is 0 Å². The van der Waals surface area contributed by atoms with Crippen molar-refractivity contribution in [1.29, 1.82) is 5.26 Å². The van der Waals surface area contributed by atoms with Gasteiger partial charge in [-0.05, 0) is 28.1 Å². The fraction of sp³-hybridized carbons (Fsp3) is 0. The van der Waals surface area contributed by atoms with Gasteiger partial charge in [0.2, 0.25) is 0 Å². The quantitative estimate of drug-likeness (QED) is 0.754. The van der Waals surface area contributed by atoms with Crippen LogP contribution in [0.1, 0.15) is 5.56 Å². The molecule has 0 amide bonds. The second-order valence-electron chi connectivity index (χ2n) is 2.62. The van der Waals surface area contributed by atoms with Gasteiger partial charge in [0.15, 0.2) is 0 Å². The molecule has 2 aromatic rings. The number of nitrogens with one attached hydrogen (secondary N) is 1. The maximum absolute atomic E-state index is 13.0. The minimum absolute atomic E-state index is 0.320. The number of nitrogens with zero attached hydrogens (tertiary/aromatic N) is 1. The molecule has 0 atom stereocenters. The van der Waals surface area contributed by atoms with E-state index in [9.17, 15) is 4.39 Å². The van der Waals surface area contributed by atoms with Gasteiger partial charge < -0.3 is 4.98 Å². The van der Waals surface area contributed by atoms with Crippen LogP contribution in [0, 0.1) is 17.1 Å². The summed E-state index contributed by atoms with van der Waals surface area (Å²) in [7, 11) is 0. The minimum Gasteiger partial charge on any atom is -0.359 e. The molecule has 0 spiro atoms.